The Morgan fingerprint density at radius 3 is 2.77 bits per heavy atom. The highest BCUT2D eigenvalue weighted by Gasteiger charge is 2.41. The van der Waals surface area contributed by atoms with Crippen molar-refractivity contribution in [2.75, 3.05) is 24.6 Å². The maximum absolute atomic E-state index is 12.9. The van der Waals surface area contributed by atoms with Gasteiger partial charge in [0, 0.05) is 19.5 Å². The van der Waals surface area contributed by atoms with Crippen LogP contribution in [0.25, 0.3) is 0 Å². The molecule has 2 atom stereocenters. The molecule has 140 valence electrons. The predicted octanol–water partition coefficient (Wildman–Crippen LogP) is 1.90. The van der Waals surface area contributed by atoms with Crippen LogP contribution in [-0.4, -0.2) is 53.5 Å². The number of carboxylic acids is 1. The topological polar surface area (TPSA) is 87.2 Å². The van der Waals surface area contributed by atoms with Crippen molar-refractivity contribution in [2.45, 2.75) is 38.6 Å². The van der Waals surface area contributed by atoms with Crippen LogP contribution in [0.3, 0.4) is 0 Å². The summed E-state index contributed by atoms with van der Waals surface area (Å²) in [4.78, 5) is 39.9. The van der Waals surface area contributed by atoms with Crippen LogP contribution in [0, 0.1) is 5.92 Å². The van der Waals surface area contributed by atoms with Crippen molar-refractivity contribution < 1.29 is 24.2 Å². The molecule has 2 heterocycles. The molecule has 2 aliphatic heterocycles. The standard InChI is InChI=1S/C19H24N2O5/c1-2-26-16-9-4-3-7-14(16)21-12-13(11-17(21)22)18(23)20-10-6-5-8-15(20)19(24)25/h3-4,7,9,13,15H,2,5-6,8,10-12H2,1H3,(H,24,25). The van der Waals surface area contributed by atoms with Crippen molar-refractivity contribution in [2.24, 2.45) is 5.92 Å². The molecule has 1 aromatic rings. The van der Waals surface area contributed by atoms with E-state index in [2.05, 4.69) is 0 Å². The zero-order valence-corrected chi connectivity index (χ0v) is 14.9. The summed E-state index contributed by atoms with van der Waals surface area (Å²) in [5.41, 5.74) is 0.656. The van der Waals surface area contributed by atoms with Crippen molar-refractivity contribution in [3.8, 4) is 5.75 Å². The van der Waals surface area contributed by atoms with Crippen LogP contribution in [-0.2, 0) is 14.4 Å². The number of aliphatic carboxylic acids is 1. The summed E-state index contributed by atoms with van der Waals surface area (Å²) in [6.45, 7) is 3.05. The minimum absolute atomic E-state index is 0.0993. The van der Waals surface area contributed by atoms with Crippen molar-refractivity contribution >= 4 is 23.5 Å². The molecule has 2 saturated heterocycles. The summed E-state index contributed by atoms with van der Waals surface area (Å²) < 4.78 is 5.59. The van der Waals surface area contributed by atoms with E-state index in [1.165, 1.54) is 4.90 Å². The molecule has 0 bridgehead atoms. The van der Waals surface area contributed by atoms with Gasteiger partial charge in [0.25, 0.3) is 0 Å². The monoisotopic (exact) mass is 360 g/mol. The number of rotatable bonds is 5. The van der Waals surface area contributed by atoms with Gasteiger partial charge in [0.2, 0.25) is 11.8 Å². The number of piperidine rings is 1. The fourth-order valence-corrected chi connectivity index (χ4v) is 3.75. The molecule has 7 heteroatoms. The number of carbonyl (C=O) groups is 3. The number of carbonyl (C=O) groups excluding carboxylic acids is 2. The average molecular weight is 360 g/mol. The maximum Gasteiger partial charge on any atom is 0.326 e. The Hall–Kier alpha value is -2.57. The van der Waals surface area contributed by atoms with E-state index in [1.807, 2.05) is 19.1 Å². The first kappa shape index (κ1) is 18.2. The lowest BCUT2D eigenvalue weighted by atomic mass is 9.98. The number of ether oxygens (including phenoxy) is 1. The third kappa shape index (κ3) is 3.52. The molecule has 1 N–H and O–H groups in total. The lowest BCUT2D eigenvalue weighted by Gasteiger charge is -2.34. The van der Waals surface area contributed by atoms with Gasteiger partial charge in [-0.05, 0) is 38.3 Å². The molecule has 0 aromatic heterocycles. The van der Waals surface area contributed by atoms with E-state index in [9.17, 15) is 19.5 Å². The smallest absolute Gasteiger partial charge is 0.326 e. The quantitative estimate of drug-likeness (QED) is 0.867. The zero-order valence-electron chi connectivity index (χ0n) is 14.9. The number of nitrogens with zero attached hydrogens (tertiary/aromatic N) is 2. The molecule has 7 nitrogen and oxygen atoms in total. The van der Waals surface area contributed by atoms with Gasteiger partial charge in [0.1, 0.15) is 11.8 Å². The van der Waals surface area contributed by atoms with Crippen LogP contribution >= 0.6 is 0 Å². The Balaban J connectivity index is 1.77. The van der Waals surface area contributed by atoms with E-state index in [0.717, 1.165) is 12.8 Å². The van der Waals surface area contributed by atoms with E-state index in [-0.39, 0.29) is 24.8 Å². The predicted molar refractivity (Wildman–Crippen MR) is 95.1 cm³/mol. The van der Waals surface area contributed by atoms with Gasteiger partial charge in [-0.1, -0.05) is 12.1 Å². The number of para-hydroxylation sites is 2. The van der Waals surface area contributed by atoms with Crippen LogP contribution in [0.4, 0.5) is 5.69 Å². The van der Waals surface area contributed by atoms with Crippen molar-refractivity contribution in [1.82, 2.24) is 4.90 Å². The van der Waals surface area contributed by atoms with Crippen LogP contribution in [0.2, 0.25) is 0 Å². The first-order valence-corrected chi connectivity index (χ1v) is 9.08. The molecule has 2 fully saturated rings. The SMILES string of the molecule is CCOc1ccccc1N1CC(C(=O)N2CCCCC2C(=O)O)CC1=O. The van der Waals surface area contributed by atoms with Crippen LogP contribution < -0.4 is 9.64 Å². The summed E-state index contributed by atoms with van der Waals surface area (Å²) in [6, 6.07) is 6.48. The number of likely N-dealkylation sites (tertiary alicyclic amines) is 1. The lowest BCUT2D eigenvalue weighted by Crippen LogP contribution is -2.50. The Labute approximate surface area is 152 Å². The van der Waals surface area contributed by atoms with Gasteiger partial charge in [0.15, 0.2) is 0 Å². The second kappa shape index (κ2) is 7.76. The molecule has 2 amide bonds. The summed E-state index contributed by atoms with van der Waals surface area (Å²) >= 11 is 0. The highest BCUT2D eigenvalue weighted by Crippen LogP contribution is 2.34. The summed E-state index contributed by atoms with van der Waals surface area (Å²) in [7, 11) is 0. The normalized spacial score (nSPS) is 23.2. The third-order valence-electron chi connectivity index (χ3n) is 5.00. The average Bonchev–Trinajstić information content (AvgIpc) is 3.03. The number of hydrogen-bond donors (Lipinski definition) is 1. The van der Waals surface area contributed by atoms with Crippen LogP contribution in [0.1, 0.15) is 32.6 Å². The van der Waals surface area contributed by atoms with Gasteiger partial charge in [-0.15, -0.1) is 0 Å². The first-order valence-electron chi connectivity index (χ1n) is 9.08. The highest BCUT2D eigenvalue weighted by atomic mass is 16.5. The molecule has 3 rings (SSSR count). The van der Waals surface area contributed by atoms with Crippen LogP contribution in [0.5, 0.6) is 5.75 Å². The number of anilines is 1. The zero-order chi connectivity index (χ0) is 18.7. The summed E-state index contributed by atoms with van der Waals surface area (Å²) in [6.07, 6.45) is 2.17. The fourth-order valence-electron chi connectivity index (χ4n) is 3.75. The molecular formula is C19H24N2O5. The van der Waals surface area contributed by atoms with Gasteiger partial charge in [0.05, 0.1) is 18.2 Å². The molecule has 1 aromatic carbocycles. The van der Waals surface area contributed by atoms with Gasteiger partial charge in [-0.25, -0.2) is 4.79 Å². The number of hydrogen-bond acceptors (Lipinski definition) is 4. The minimum Gasteiger partial charge on any atom is -0.492 e. The molecule has 0 radical (unpaired) electrons. The fraction of sp³-hybridized carbons (Fsp3) is 0.526. The minimum atomic E-state index is -0.971. The lowest BCUT2D eigenvalue weighted by molar-refractivity contribution is -0.153. The Kier molecular flexibility index (Phi) is 5.44. The molecule has 0 saturated carbocycles. The first-order chi connectivity index (χ1) is 12.5. The maximum atomic E-state index is 12.9. The summed E-state index contributed by atoms with van der Waals surface area (Å²) in [5, 5.41) is 9.39. The number of carboxylic acid groups (broad SMARTS) is 1. The van der Waals surface area contributed by atoms with Gasteiger partial charge in [-0.3, -0.25) is 9.59 Å². The van der Waals surface area contributed by atoms with Crippen molar-refractivity contribution in [1.29, 1.82) is 0 Å². The molecule has 26 heavy (non-hydrogen) atoms. The van der Waals surface area contributed by atoms with Crippen LogP contribution in [0.15, 0.2) is 24.3 Å². The Morgan fingerprint density at radius 1 is 1.27 bits per heavy atom. The van der Waals surface area contributed by atoms with Crippen molar-refractivity contribution in [3.05, 3.63) is 24.3 Å². The molecule has 0 spiro atoms. The van der Waals surface area contributed by atoms with E-state index < -0.39 is 17.9 Å². The van der Waals surface area contributed by atoms with Gasteiger partial charge in [-0.2, -0.15) is 0 Å². The van der Waals surface area contributed by atoms with E-state index in [0.29, 0.717) is 31.0 Å². The second-order valence-electron chi connectivity index (χ2n) is 6.69. The largest absolute Gasteiger partial charge is 0.492 e. The van der Waals surface area contributed by atoms with E-state index in [1.54, 1.807) is 17.0 Å². The Morgan fingerprint density at radius 2 is 2.04 bits per heavy atom. The molecule has 2 aliphatic rings. The van der Waals surface area contributed by atoms with E-state index in [4.69, 9.17) is 4.74 Å². The Bertz CT molecular complexity index is 705. The van der Waals surface area contributed by atoms with E-state index >= 15 is 0 Å². The highest BCUT2D eigenvalue weighted by molar-refractivity contribution is 6.01. The third-order valence-corrected chi connectivity index (χ3v) is 5.00. The number of benzene rings is 1. The summed E-state index contributed by atoms with van der Waals surface area (Å²) in [5.74, 6) is -1.25. The van der Waals surface area contributed by atoms with Gasteiger partial charge >= 0.3 is 5.97 Å². The van der Waals surface area contributed by atoms with Gasteiger partial charge < -0.3 is 19.6 Å². The van der Waals surface area contributed by atoms with Crippen molar-refractivity contribution in [3.63, 3.8) is 0 Å². The second-order valence-corrected chi connectivity index (χ2v) is 6.69. The molecule has 2 unspecified atom stereocenters. The number of amides is 2. The molecular weight excluding hydrogens is 336 g/mol. The molecule has 0 aliphatic carbocycles.